The van der Waals surface area contributed by atoms with Gasteiger partial charge in [0.2, 0.25) is 11.8 Å². The summed E-state index contributed by atoms with van der Waals surface area (Å²) in [5.74, 6) is -1.25. The summed E-state index contributed by atoms with van der Waals surface area (Å²) in [6.07, 6.45) is 0.570. The van der Waals surface area contributed by atoms with Crippen molar-refractivity contribution in [2.24, 2.45) is 0 Å². The van der Waals surface area contributed by atoms with E-state index in [2.05, 4.69) is 126 Å². The number of carbonyl (C=O) groups excluding carboxylic acids is 4. The van der Waals surface area contributed by atoms with Gasteiger partial charge in [-0.2, -0.15) is 0 Å². The van der Waals surface area contributed by atoms with E-state index < -0.39 is 80.4 Å². The van der Waals surface area contributed by atoms with Crippen LogP contribution in [0.4, 0.5) is 22.7 Å². The number of phenols is 2. The molecule has 0 saturated heterocycles. The quantitative estimate of drug-likeness (QED) is 0.0147. The van der Waals surface area contributed by atoms with E-state index >= 15 is 0 Å². The minimum Gasteiger partial charge on any atom is -0.507 e. The van der Waals surface area contributed by atoms with Crippen LogP contribution in [0, 0.1) is 20.2 Å². The van der Waals surface area contributed by atoms with Gasteiger partial charge in [-0.3, -0.25) is 39.4 Å². The molecule has 0 aliphatic heterocycles. The van der Waals surface area contributed by atoms with Crippen molar-refractivity contribution in [1.29, 1.82) is 0 Å². The number of aromatic hydroxyl groups is 2. The first-order chi connectivity index (χ1) is 44.8. The Morgan fingerprint density at radius 3 is 0.948 bits per heavy atom. The highest BCUT2D eigenvalue weighted by atomic mass is 32.1. The number of hydrogen-bond acceptors (Lipinski definition) is 14. The fourth-order valence-corrected chi connectivity index (χ4v) is 11.1. The molecule has 2 unspecified atom stereocenters. The summed E-state index contributed by atoms with van der Waals surface area (Å²) in [4.78, 5) is 75.8. The lowest BCUT2D eigenvalue weighted by molar-refractivity contribution is -0.385. The number of fused-ring (bicyclic) bond motifs is 8. The van der Waals surface area contributed by atoms with Crippen molar-refractivity contribution in [3.05, 3.63) is 184 Å². The maximum Gasteiger partial charge on any atom is 0.269 e. The highest BCUT2D eigenvalue weighted by molar-refractivity contribution is 7.80. The molecular weight excluding hydrogens is 1260 g/mol. The number of amides is 4. The van der Waals surface area contributed by atoms with E-state index in [4.69, 9.17) is 33.9 Å². The largest absolute Gasteiger partial charge is 0.507 e. The van der Waals surface area contributed by atoms with E-state index in [9.17, 15) is 49.6 Å². The van der Waals surface area contributed by atoms with Gasteiger partial charge in [0, 0.05) is 87.5 Å². The number of nitro groups is 2. The lowest BCUT2D eigenvalue weighted by Gasteiger charge is -2.28. The SMILES string of the molecule is CC(NC(=O)COc1c2cc(C(C)(C)C)cc1Cc1cc(C(C)(C)C)cc(c1O)Cc1cc(C(C)(C)C)cc(c1OCC(=O)NC(C)C(=O)NCCNC(=S)Nc1ccc([N+](=O)[O-])cc1)Cc1cc(C(C)(C)C)cc(c1O)C2)C(=O)NCCNC(=S)Nc1ccc([N+](=O)[O-])cc1. The van der Waals surface area contributed by atoms with Crippen LogP contribution in [0.15, 0.2) is 97.1 Å². The van der Waals surface area contributed by atoms with Crippen LogP contribution in [0.3, 0.4) is 0 Å². The molecule has 0 aromatic heterocycles. The zero-order valence-corrected chi connectivity index (χ0v) is 58.8. The first-order valence-electron chi connectivity index (χ1n) is 31.9. The molecule has 6 aromatic carbocycles. The molecule has 96 heavy (non-hydrogen) atoms. The fourth-order valence-electron chi connectivity index (χ4n) is 10.7. The molecule has 6 aromatic rings. The molecule has 0 radical (unpaired) electrons. The number of ether oxygens (including phenoxy) is 2. The van der Waals surface area contributed by atoms with Crippen molar-refractivity contribution in [3.8, 4) is 23.0 Å². The zero-order chi connectivity index (χ0) is 70.8. The van der Waals surface area contributed by atoms with Gasteiger partial charge in [0.25, 0.3) is 23.2 Å². The Hall–Kier alpha value is -9.42. The maximum atomic E-state index is 14.0. The Kier molecular flexibility index (Phi) is 23.9. The molecule has 22 nitrogen and oxygen atoms in total. The van der Waals surface area contributed by atoms with Crippen molar-refractivity contribution in [3.63, 3.8) is 0 Å². The zero-order valence-electron chi connectivity index (χ0n) is 57.2. The molecule has 10 N–H and O–H groups in total. The van der Waals surface area contributed by atoms with Gasteiger partial charge >= 0.3 is 0 Å². The summed E-state index contributed by atoms with van der Waals surface area (Å²) in [6.45, 7) is 28.1. The third-order valence-corrected chi connectivity index (χ3v) is 16.8. The number of rotatable bonds is 20. The minimum absolute atomic E-state index is 0.0285. The lowest BCUT2D eigenvalue weighted by Crippen LogP contribution is -2.47. The van der Waals surface area contributed by atoms with E-state index in [0.29, 0.717) is 67.4 Å². The second kappa shape index (κ2) is 31.0. The van der Waals surface area contributed by atoms with Crippen LogP contribution in [-0.2, 0) is 66.5 Å². The first kappa shape index (κ1) is 74.0. The maximum absolute atomic E-state index is 14.0. The predicted octanol–water partition coefficient (Wildman–Crippen LogP) is 10.8. The van der Waals surface area contributed by atoms with Crippen LogP contribution in [0.2, 0.25) is 0 Å². The lowest BCUT2D eigenvalue weighted by atomic mass is 9.79. The first-order valence-corrected chi connectivity index (χ1v) is 32.7. The van der Waals surface area contributed by atoms with Gasteiger partial charge < -0.3 is 62.2 Å². The molecule has 1 aliphatic carbocycles. The number of nitro benzene ring substituents is 2. The van der Waals surface area contributed by atoms with Crippen LogP contribution >= 0.6 is 24.4 Å². The van der Waals surface area contributed by atoms with Crippen molar-refractivity contribution in [2.45, 2.75) is 156 Å². The average molecular weight is 1350 g/mol. The van der Waals surface area contributed by atoms with E-state index in [1.165, 1.54) is 48.5 Å². The number of non-ortho nitro benzene ring substituents is 2. The fraction of sp³-hybridized carbons (Fsp3) is 0.417. The molecule has 0 fully saturated rings. The number of carbonyl (C=O) groups is 4. The summed E-state index contributed by atoms with van der Waals surface area (Å²) in [5.41, 5.74) is 8.04. The van der Waals surface area contributed by atoms with E-state index in [1.807, 2.05) is 48.5 Å². The predicted molar refractivity (Wildman–Crippen MR) is 382 cm³/mol. The normalized spacial score (nSPS) is 13.0. The van der Waals surface area contributed by atoms with Crippen molar-refractivity contribution >= 4 is 81.0 Å². The second-order valence-corrected chi connectivity index (χ2v) is 29.2. The molecule has 4 amide bonds. The Morgan fingerprint density at radius 1 is 0.448 bits per heavy atom. The molecule has 0 spiro atoms. The number of phenolic OH excluding ortho intramolecular Hbond substituents is 2. The average Bonchev–Trinajstić information content (AvgIpc) is 0.774. The Bertz CT molecular complexity index is 3570. The Labute approximate surface area is 572 Å². The highest BCUT2D eigenvalue weighted by Gasteiger charge is 2.30. The molecule has 512 valence electrons. The van der Waals surface area contributed by atoms with Gasteiger partial charge in [0.05, 0.1) is 9.85 Å². The number of benzene rings is 6. The highest BCUT2D eigenvalue weighted by Crippen LogP contribution is 2.44. The van der Waals surface area contributed by atoms with E-state index in [0.717, 1.165) is 22.3 Å². The Balaban J connectivity index is 1.19. The molecule has 1 aliphatic rings. The molecule has 0 saturated carbocycles. The third kappa shape index (κ3) is 20.3. The van der Waals surface area contributed by atoms with Crippen LogP contribution in [0.1, 0.15) is 164 Å². The number of anilines is 2. The summed E-state index contributed by atoms with van der Waals surface area (Å²) < 4.78 is 13.4. The number of nitrogens with zero attached hydrogens (tertiary/aromatic N) is 2. The van der Waals surface area contributed by atoms with Crippen molar-refractivity contribution in [1.82, 2.24) is 31.9 Å². The molecule has 24 heteroatoms. The molecule has 7 rings (SSSR count). The van der Waals surface area contributed by atoms with Crippen LogP contribution in [-0.4, -0.2) is 105 Å². The van der Waals surface area contributed by atoms with Gasteiger partial charge in [-0.05, 0) is 151 Å². The van der Waals surface area contributed by atoms with Gasteiger partial charge in [-0.25, -0.2) is 0 Å². The number of nitrogens with one attached hydrogen (secondary N) is 8. The van der Waals surface area contributed by atoms with Crippen molar-refractivity contribution < 1.29 is 48.7 Å². The molecular formula is C72H90N10O12S2. The second-order valence-electron chi connectivity index (χ2n) is 28.3. The van der Waals surface area contributed by atoms with E-state index in [1.54, 1.807) is 13.8 Å². The topological polar surface area (TPSA) is 310 Å². The molecule has 2 atom stereocenters. The van der Waals surface area contributed by atoms with Gasteiger partial charge in [-0.15, -0.1) is 0 Å². The Morgan fingerprint density at radius 2 is 0.698 bits per heavy atom. The number of thiocarbonyl (C=S) groups is 2. The molecule has 8 bridgehead atoms. The summed E-state index contributed by atoms with van der Waals surface area (Å²) in [6, 6.07) is 25.7. The number of hydrogen-bond donors (Lipinski definition) is 10. The van der Waals surface area contributed by atoms with Gasteiger partial charge in [0.15, 0.2) is 23.4 Å². The van der Waals surface area contributed by atoms with Crippen LogP contribution in [0.5, 0.6) is 23.0 Å². The van der Waals surface area contributed by atoms with Crippen LogP contribution in [0.25, 0.3) is 0 Å². The van der Waals surface area contributed by atoms with E-state index in [-0.39, 0.29) is 85.0 Å². The summed E-state index contributed by atoms with van der Waals surface area (Å²) >= 11 is 10.7. The van der Waals surface area contributed by atoms with Gasteiger partial charge in [-0.1, -0.05) is 132 Å². The standard InChI is InChI=1S/C72H90N10O12S2/c1-41(65(87)73-23-25-75-67(95)79-55-15-19-57(20-16-55)81(89)90)77-59(83)39-93-63-47-27-43-31-51(69(3,4)5)33-45(61(43)85)29-49-37-54(72(12,13)14)38-50(30-46-34-52(70(6,7)8)32-44(62(46)86)28-48(63)36-53(35-47)71(9,10)11)64(49)94-40-60(84)78-42(2)66(88)74-24-26-76-68(96)80-56-17-21-58(22-18-56)82(91)92/h15-22,31-38,41-42,85-86H,23-30,39-40H2,1-14H3,(H,73,87)(H,74,88)(H,77,83)(H,78,84)(H2,75,79,95)(H2,76,80,96). The van der Waals surface area contributed by atoms with Crippen LogP contribution < -0.4 is 52.0 Å². The third-order valence-electron chi connectivity index (χ3n) is 16.3. The monoisotopic (exact) mass is 1350 g/mol. The summed E-state index contributed by atoms with van der Waals surface area (Å²) in [5, 5.41) is 71.2. The minimum atomic E-state index is -0.974. The molecule has 0 heterocycles. The van der Waals surface area contributed by atoms with Gasteiger partial charge in [0.1, 0.15) is 35.1 Å². The van der Waals surface area contributed by atoms with Crippen molar-refractivity contribution in [2.75, 3.05) is 50.0 Å². The summed E-state index contributed by atoms with van der Waals surface area (Å²) in [7, 11) is 0. The smallest absolute Gasteiger partial charge is 0.269 e.